The molecule has 5 nitrogen and oxygen atoms in total. The van der Waals surface area contributed by atoms with E-state index in [2.05, 4.69) is 17.1 Å². The number of carboxylic acids is 1. The number of aliphatic carboxylic acids is 1. The van der Waals surface area contributed by atoms with Gasteiger partial charge in [0, 0.05) is 12.0 Å². The van der Waals surface area contributed by atoms with Gasteiger partial charge in [-0.25, -0.2) is 13.6 Å². The normalized spacial score (nSPS) is 17.2. The summed E-state index contributed by atoms with van der Waals surface area (Å²) in [6.45, 7) is 5.01. The van der Waals surface area contributed by atoms with Gasteiger partial charge in [-0.15, -0.1) is 0 Å². The summed E-state index contributed by atoms with van der Waals surface area (Å²) in [5.74, 6) is -3.30. The number of hydrogen-bond donors (Lipinski definition) is 2. The lowest BCUT2D eigenvalue weighted by atomic mass is 9.93. The molecule has 7 heteroatoms. The highest BCUT2D eigenvalue weighted by molar-refractivity contribution is 5.84. The van der Waals surface area contributed by atoms with E-state index in [1.807, 2.05) is 0 Å². The first-order valence-corrected chi connectivity index (χ1v) is 8.60. The number of piperidine rings is 1. The topological polar surface area (TPSA) is 69.6 Å². The standard InChI is InChI=1S/C18H24F2N2O3/c1-2-7-22-8-5-12(6-9-22)10-16(23)21-17(18(24)25)14-11-13(19)3-4-15(14)20/h3-4,11-12,17H,2,5-10H2,1H3,(H,21,23)(H,24,25)/t17-/m0/s1. The quantitative estimate of drug-likeness (QED) is 0.790. The van der Waals surface area contributed by atoms with E-state index in [0.717, 1.165) is 57.1 Å². The van der Waals surface area contributed by atoms with Crippen LogP contribution in [0, 0.1) is 17.6 Å². The molecule has 0 aliphatic carbocycles. The van der Waals surface area contributed by atoms with Gasteiger partial charge in [0.15, 0.2) is 6.04 Å². The largest absolute Gasteiger partial charge is 0.479 e. The Morgan fingerprint density at radius 1 is 1.32 bits per heavy atom. The maximum Gasteiger partial charge on any atom is 0.331 e. The van der Waals surface area contributed by atoms with E-state index in [9.17, 15) is 23.5 Å². The minimum absolute atomic E-state index is 0.180. The van der Waals surface area contributed by atoms with Gasteiger partial charge in [0.25, 0.3) is 0 Å². The molecule has 25 heavy (non-hydrogen) atoms. The van der Waals surface area contributed by atoms with Crippen LogP contribution < -0.4 is 5.32 Å². The van der Waals surface area contributed by atoms with Gasteiger partial charge in [-0.3, -0.25) is 4.79 Å². The van der Waals surface area contributed by atoms with Crippen LogP contribution in [0.15, 0.2) is 18.2 Å². The maximum atomic E-state index is 13.8. The van der Waals surface area contributed by atoms with Gasteiger partial charge in [-0.05, 0) is 63.0 Å². The van der Waals surface area contributed by atoms with Crippen LogP contribution in [0.3, 0.4) is 0 Å². The fourth-order valence-corrected chi connectivity index (χ4v) is 3.22. The molecule has 1 amide bonds. The zero-order chi connectivity index (χ0) is 18.4. The number of benzene rings is 1. The minimum atomic E-state index is -1.59. The maximum absolute atomic E-state index is 13.8. The van der Waals surface area contributed by atoms with Gasteiger partial charge in [0.05, 0.1) is 0 Å². The second kappa shape index (κ2) is 8.89. The molecular weight excluding hydrogens is 330 g/mol. The molecule has 2 N–H and O–H groups in total. The first kappa shape index (κ1) is 19.3. The number of halogens is 2. The number of carbonyl (C=O) groups excluding carboxylic acids is 1. The van der Waals surface area contributed by atoms with Crippen molar-refractivity contribution in [2.75, 3.05) is 19.6 Å². The number of amides is 1. The van der Waals surface area contributed by atoms with Crippen molar-refractivity contribution in [3.8, 4) is 0 Å². The number of rotatable bonds is 7. The Hall–Kier alpha value is -2.02. The molecule has 1 aliphatic heterocycles. The third kappa shape index (κ3) is 5.49. The summed E-state index contributed by atoms with van der Waals surface area (Å²) in [5, 5.41) is 11.6. The minimum Gasteiger partial charge on any atom is -0.479 e. The van der Waals surface area contributed by atoms with Crippen LogP contribution in [-0.2, 0) is 9.59 Å². The summed E-state index contributed by atoms with van der Waals surface area (Å²) in [6, 6.07) is 0.973. The van der Waals surface area contributed by atoms with E-state index in [4.69, 9.17) is 0 Å². The first-order chi connectivity index (χ1) is 11.9. The van der Waals surface area contributed by atoms with Gasteiger partial charge in [0.2, 0.25) is 5.91 Å². The van der Waals surface area contributed by atoms with Crippen LogP contribution in [0.4, 0.5) is 8.78 Å². The van der Waals surface area contributed by atoms with E-state index >= 15 is 0 Å². The van der Waals surface area contributed by atoms with E-state index in [0.29, 0.717) is 0 Å². The molecule has 0 bridgehead atoms. The highest BCUT2D eigenvalue weighted by atomic mass is 19.1. The third-order valence-electron chi connectivity index (χ3n) is 4.54. The smallest absolute Gasteiger partial charge is 0.331 e. The molecule has 0 unspecified atom stereocenters. The van der Waals surface area contributed by atoms with Crippen LogP contribution >= 0.6 is 0 Å². The molecule has 0 spiro atoms. The number of nitrogens with zero attached hydrogens (tertiary/aromatic N) is 1. The number of carbonyl (C=O) groups is 2. The van der Waals surface area contributed by atoms with Gasteiger partial charge >= 0.3 is 5.97 Å². The molecule has 0 saturated carbocycles. The second-order valence-corrected chi connectivity index (χ2v) is 6.49. The predicted molar refractivity (Wildman–Crippen MR) is 88.9 cm³/mol. The molecule has 1 saturated heterocycles. The molecule has 1 aliphatic rings. The van der Waals surface area contributed by atoms with Crippen LogP contribution in [0.2, 0.25) is 0 Å². The summed E-state index contributed by atoms with van der Waals surface area (Å²) >= 11 is 0. The lowest BCUT2D eigenvalue weighted by molar-refractivity contribution is -0.142. The monoisotopic (exact) mass is 354 g/mol. The van der Waals surface area contributed by atoms with Crippen molar-refractivity contribution in [1.82, 2.24) is 10.2 Å². The molecule has 0 aromatic heterocycles. The molecular formula is C18H24F2N2O3. The Morgan fingerprint density at radius 3 is 2.60 bits per heavy atom. The fourth-order valence-electron chi connectivity index (χ4n) is 3.22. The van der Waals surface area contributed by atoms with E-state index in [1.54, 1.807) is 0 Å². The second-order valence-electron chi connectivity index (χ2n) is 6.49. The average molecular weight is 354 g/mol. The highest BCUT2D eigenvalue weighted by Crippen LogP contribution is 2.23. The SMILES string of the molecule is CCCN1CCC(CC(=O)N[C@H](C(=O)O)c2cc(F)ccc2F)CC1. The zero-order valence-corrected chi connectivity index (χ0v) is 14.3. The van der Waals surface area contributed by atoms with Crippen molar-refractivity contribution in [2.45, 2.75) is 38.6 Å². The molecule has 1 aromatic carbocycles. The van der Waals surface area contributed by atoms with Crippen molar-refractivity contribution in [3.63, 3.8) is 0 Å². The van der Waals surface area contributed by atoms with E-state index in [1.165, 1.54) is 0 Å². The Morgan fingerprint density at radius 2 is 2.00 bits per heavy atom. The van der Waals surface area contributed by atoms with Crippen molar-refractivity contribution in [2.24, 2.45) is 5.92 Å². The molecule has 138 valence electrons. The van der Waals surface area contributed by atoms with Crippen LogP contribution in [-0.4, -0.2) is 41.5 Å². The highest BCUT2D eigenvalue weighted by Gasteiger charge is 2.27. The fraction of sp³-hybridized carbons (Fsp3) is 0.556. The number of carboxylic acid groups (broad SMARTS) is 1. The summed E-state index contributed by atoms with van der Waals surface area (Å²) < 4.78 is 27.1. The van der Waals surface area contributed by atoms with Gasteiger partial charge in [-0.2, -0.15) is 0 Å². The number of hydrogen-bond acceptors (Lipinski definition) is 3. The lowest BCUT2D eigenvalue weighted by Gasteiger charge is -2.31. The first-order valence-electron chi connectivity index (χ1n) is 8.60. The molecule has 2 rings (SSSR count). The summed E-state index contributed by atoms with van der Waals surface area (Å²) in [7, 11) is 0. The molecule has 1 aromatic rings. The summed E-state index contributed by atoms with van der Waals surface area (Å²) in [4.78, 5) is 25.9. The zero-order valence-electron chi connectivity index (χ0n) is 14.3. The van der Waals surface area contributed by atoms with E-state index < -0.39 is 29.6 Å². The Kier molecular flexibility index (Phi) is 6.87. The van der Waals surface area contributed by atoms with Crippen molar-refractivity contribution < 1.29 is 23.5 Å². The van der Waals surface area contributed by atoms with Crippen molar-refractivity contribution in [1.29, 1.82) is 0 Å². The molecule has 1 fully saturated rings. The Bertz CT molecular complexity index is 616. The lowest BCUT2D eigenvalue weighted by Crippen LogP contribution is -2.38. The summed E-state index contributed by atoms with van der Waals surface area (Å²) in [5.41, 5.74) is -0.376. The Balaban J connectivity index is 1.95. The van der Waals surface area contributed by atoms with Crippen LogP contribution in [0.1, 0.15) is 44.2 Å². The summed E-state index contributed by atoms with van der Waals surface area (Å²) in [6.07, 6.45) is 3.03. The third-order valence-corrected chi connectivity index (χ3v) is 4.54. The molecule has 0 radical (unpaired) electrons. The van der Waals surface area contributed by atoms with E-state index in [-0.39, 0.29) is 17.9 Å². The number of nitrogens with one attached hydrogen (secondary N) is 1. The molecule has 1 heterocycles. The van der Waals surface area contributed by atoms with Crippen molar-refractivity contribution >= 4 is 11.9 Å². The van der Waals surface area contributed by atoms with Crippen LogP contribution in [0.25, 0.3) is 0 Å². The van der Waals surface area contributed by atoms with Crippen molar-refractivity contribution in [3.05, 3.63) is 35.4 Å². The Labute approximate surface area is 146 Å². The average Bonchev–Trinajstić information content (AvgIpc) is 2.57. The van der Waals surface area contributed by atoms with Crippen LogP contribution in [0.5, 0.6) is 0 Å². The molecule has 1 atom stereocenters. The van der Waals surface area contributed by atoms with Gasteiger partial charge in [-0.1, -0.05) is 6.92 Å². The predicted octanol–water partition coefficient (Wildman–Crippen LogP) is 2.72. The van der Waals surface area contributed by atoms with Gasteiger partial charge in [0.1, 0.15) is 11.6 Å². The number of likely N-dealkylation sites (tertiary alicyclic amines) is 1. The van der Waals surface area contributed by atoms with Gasteiger partial charge < -0.3 is 15.3 Å².